The summed E-state index contributed by atoms with van der Waals surface area (Å²) in [6.07, 6.45) is 3.40. The first-order valence-corrected chi connectivity index (χ1v) is 10.4. The summed E-state index contributed by atoms with van der Waals surface area (Å²) in [7, 11) is 0. The van der Waals surface area contributed by atoms with Gasteiger partial charge in [0.15, 0.2) is 5.65 Å². The molecule has 0 saturated heterocycles. The van der Waals surface area contributed by atoms with Gasteiger partial charge in [-0.05, 0) is 46.5 Å². The first-order valence-electron chi connectivity index (χ1n) is 10.4. The van der Waals surface area contributed by atoms with Crippen molar-refractivity contribution in [3.63, 3.8) is 0 Å². The van der Waals surface area contributed by atoms with Crippen LogP contribution in [0.15, 0.2) is 91.3 Å². The van der Waals surface area contributed by atoms with Gasteiger partial charge in [0.1, 0.15) is 0 Å². The van der Waals surface area contributed by atoms with E-state index in [1.807, 2.05) is 29.2 Å². The molecular weight excluding hydrogens is 414 g/mol. The van der Waals surface area contributed by atoms with Crippen LogP contribution in [0.2, 0.25) is 0 Å². The molecule has 0 atom stereocenters. The number of fused-ring (bicyclic) bond motifs is 4. The summed E-state index contributed by atoms with van der Waals surface area (Å²) in [6.45, 7) is 0. The fraction of sp³-hybridized carbons (Fsp3) is 0. The van der Waals surface area contributed by atoms with Gasteiger partial charge in [-0.15, -0.1) is 0 Å². The maximum absolute atomic E-state index is 11.4. The van der Waals surface area contributed by atoms with Gasteiger partial charge in [-0.25, -0.2) is 9.78 Å². The molecule has 2 aromatic heterocycles. The average Bonchev–Trinajstić information content (AvgIpc) is 3.32. The summed E-state index contributed by atoms with van der Waals surface area (Å²) < 4.78 is 0. The van der Waals surface area contributed by atoms with Crippen molar-refractivity contribution in [1.29, 1.82) is 0 Å². The first kappa shape index (κ1) is 18.9. The molecule has 0 unspecified atom stereocenters. The Morgan fingerprint density at radius 1 is 0.818 bits per heavy atom. The van der Waals surface area contributed by atoms with Crippen molar-refractivity contribution in [2.45, 2.75) is 0 Å². The predicted octanol–water partition coefficient (Wildman–Crippen LogP) is 5.83. The summed E-state index contributed by atoms with van der Waals surface area (Å²) in [5.41, 5.74) is 2.48. The van der Waals surface area contributed by atoms with E-state index in [4.69, 9.17) is 4.98 Å². The van der Waals surface area contributed by atoms with Gasteiger partial charge in [-0.2, -0.15) is 10.1 Å². The van der Waals surface area contributed by atoms with Crippen LogP contribution in [0.5, 0.6) is 0 Å². The van der Waals surface area contributed by atoms with Crippen LogP contribution in [0.3, 0.4) is 0 Å². The summed E-state index contributed by atoms with van der Waals surface area (Å²) >= 11 is 0. The number of nitrogens with zero attached hydrogens (tertiary/aromatic N) is 4. The van der Waals surface area contributed by atoms with Crippen LogP contribution in [0.25, 0.3) is 32.6 Å². The van der Waals surface area contributed by atoms with Crippen molar-refractivity contribution in [3.8, 4) is 0 Å². The lowest BCUT2D eigenvalue weighted by molar-refractivity contribution is 0.0697. The molecule has 0 aliphatic heterocycles. The van der Waals surface area contributed by atoms with Crippen molar-refractivity contribution in [2.24, 2.45) is 0 Å². The molecule has 4 aromatic carbocycles. The molecule has 33 heavy (non-hydrogen) atoms. The van der Waals surface area contributed by atoms with Crippen molar-refractivity contribution in [1.82, 2.24) is 20.2 Å². The number of benzene rings is 4. The Morgan fingerprint density at radius 3 is 2.45 bits per heavy atom. The summed E-state index contributed by atoms with van der Waals surface area (Å²) in [6, 6.07) is 25.3. The van der Waals surface area contributed by atoms with E-state index in [0.717, 1.165) is 38.3 Å². The van der Waals surface area contributed by atoms with Crippen LogP contribution in [-0.4, -0.2) is 31.2 Å². The molecule has 7 nitrogen and oxygen atoms in total. The Labute approximate surface area is 188 Å². The number of aromatic carboxylic acids is 1. The zero-order chi connectivity index (χ0) is 22.4. The van der Waals surface area contributed by atoms with E-state index in [1.54, 1.807) is 36.7 Å². The number of nitrogens with one attached hydrogen (secondary N) is 1. The van der Waals surface area contributed by atoms with Crippen molar-refractivity contribution in [3.05, 3.63) is 96.8 Å². The number of carboxylic acids is 1. The largest absolute Gasteiger partial charge is 0.478 e. The fourth-order valence-corrected chi connectivity index (χ4v) is 4.18. The smallest absolute Gasteiger partial charge is 0.335 e. The average molecular weight is 431 g/mol. The van der Waals surface area contributed by atoms with Crippen LogP contribution in [0, 0.1) is 0 Å². The van der Waals surface area contributed by atoms with Gasteiger partial charge in [-0.3, -0.25) is 10.00 Å². The zero-order valence-electron chi connectivity index (χ0n) is 17.3. The number of H-pyrrole nitrogens is 1. The SMILES string of the molecule is O=C(O)c1ccc(N(c2ncc3cn[nH]c3n2)c2cccc3ccc4ccccc4c23)cc1. The molecule has 0 saturated carbocycles. The second kappa shape index (κ2) is 7.42. The second-order valence-corrected chi connectivity index (χ2v) is 7.69. The number of carbonyl (C=O) groups is 1. The predicted molar refractivity (Wildman–Crippen MR) is 128 cm³/mol. The summed E-state index contributed by atoms with van der Waals surface area (Å²) in [5, 5.41) is 21.5. The third-order valence-electron chi connectivity index (χ3n) is 5.74. The van der Waals surface area contributed by atoms with E-state index in [-0.39, 0.29) is 5.56 Å². The van der Waals surface area contributed by atoms with E-state index in [9.17, 15) is 9.90 Å². The number of carboxylic acid groups (broad SMARTS) is 1. The highest BCUT2D eigenvalue weighted by Gasteiger charge is 2.20. The number of rotatable bonds is 4. The van der Waals surface area contributed by atoms with Gasteiger partial charge >= 0.3 is 5.97 Å². The molecule has 0 spiro atoms. The van der Waals surface area contributed by atoms with Gasteiger partial charge in [0.25, 0.3) is 0 Å². The highest BCUT2D eigenvalue weighted by Crippen LogP contribution is 2.40. The third-order valence-corrected chi connectivity index (χ3v) is 5.74. The minimum absolute atomic E-state index is 0.215. The van der Waals surface area contributed by atoms with Gasteiger partial charge < -0.3 is 5.11 Å². The number of aromatic amines is 1. The zero-order valence-corrected chi connectivity index (χ0v) is 17.3. The molecule has 7 heteroatoms. The minimum Gasteiger partial charge on any atom is -0.478 e. The van der Waals surface area contributed by atoms with E-state index >= 15 is 0 Å². The number of aromatic nitrogens is 4. The Bertz CT molecular complexity index is 1660. The standard InChI is InChI=1S/C26H17N5O2/c32-25(33)18-10-12-20(13-11-18)31(26-27-14-19-15-28-30-24(19)29-26)22-7-3-5-17-9-8-16-4-1-2-6-21(16)23(17)22/h1-15H,(H,32,33)(H,27,28,29,30). The lowest BCUT2D eigenvalue weighted by atomic mass is 9.99. The summed E-state index contributed by atoms with van der Waals surface area (Å²) in [5.74, 6) is -0.519. The minimum atomic E-state index is -0.973. The van der Waals surface area contributed by atoms with Crippen LogP contribution in [0.1, 0.15) is 10.4 Å². The molecule has 0 radical (unpaired) electrons. The molecule has 6 aromatic rings. The Morgan fingerprint density at radius 2 is 1.61 bits per heavy atom. The van der Waals surface area contributed by atoms with Gasteiger partial charge in [0.2, 0.25) is 5.95 Å². The van der Waals surface area contributed by atoms with E-state index < -0.39 is 5.97 Å². The van der Waals surface area contributed by atoms with Gasteiger partial charge in [0, 0.05) is 17.3 Å². The molecule has 6 rings (SSSR count). The van der Waals surface area contributed by atoms with Crippen LogP contribution >= 0.6 is 0 Å². The van der Waals surface area contributed by atoms with E-state index in [2.05, 4.69) is 45.5 Å². The van der Waals surface area contributed by atoms with Crippen molar-refractivity contribution in [2.75, 3.05) is 4.90 Å². The third kappa shape index (κ3) is 3.14. The summed E-state index contributed by atoms with van der Waals surface area (Å²) in [4.78, 5) is 22.7. The van der Waals surface area contributed by atoms with E-state index in [0.29, 0.717) is 11.6 Å². The van der Waals surface area contributed by atoms with Gasteiger partial charge in [0.05, 0.1) is 22.8 Å². The van der Waals surface area contributed by atoms with Crippen LogP contribution < -0.4 is 4.90 Å². The molecule has 0 aliphatic carbocycles. The van der Waals surface area contributed by atoms with E-state index in [1.165, 1.54) is 0 Å². The Balaban J connectivity index is 1.66. The number of hydrogen-bond donors (Lipinski definition) is 2. The highest BCUT2D eigenvalue weighted by molar-refractivity contribution is 6.15. The Hall–Kier alpha value is -4.78. The molecule has 2 heterocycles. The molecule has 0 amide bonds. The second-order valence-electron chi connectivity index (χ2n) is 7.69. The fourth-order valence-electron chi connectivity index (χ4n) is 4.18. The number of anilines is 3. The van der Waals surface area contributed by atoms with Crippen molar-refractivity contribution < 1.29 is 9.90 Å². The van der Waals surface area contributed by atoms with Crippen molar-refractivity contribution >= 4 is 55.9 Å². The molecule has 0 aliphatic rings. The van der Waals surface area contributed by atoms with Gasteiger partial charge in [-0.1, -0.05) is 48.5 Å². The monoisotopic (exact) mass is 431 g/mol. The number of hydrogen-bond acceptors (Lipinski definition) is 5. The van der Waals surface area contributed by atoms with Crippen LogP contribution in [-0.2, 0) is 0 Å². The lowest BCUT2D eigenvalue weighted by Crippen LogP contribution is -2.14. The molecular formula is C26H17N5O2. The first-order chi connectivity index (χ1) is 16.2. The lowest BCUT2D eigenvalue weighted by Gasteiger charge is -2.25. The molecule has 0 bridgehead atoms. The topological polar surface area (TPSA) is 95.0 Å². The molecule has 0 fully saturated rings. The highest BCUT2D eigenvalue weighted by atomic mass is 16.4. The normalized spacial score (nSPS) is 11.3. The van der Waals surface area contributed by atoms with Crippen LogP contribution in [0.4, 0.5) is 17.3 Å². The molecule has 158 valence electrons. The quantitative estimate of drug-likeness (QED) is 0.341. The maximum atomic E-state index is 11.4. The molecule has 2 N–H and O–H groups in total. The Kier molecular flexibility index (Phi) is 4.26. The maximum Gasteiger partial charge on any atom is 0.335 e.